The number of rotatable bonds is 3. The van der Waals surface area contributed by atoms with Gasteiger partial charge >= 0.3 is 0 Å². The number of nitrogens with zero attached hydrogens (tertiary/aromatic N) is 1. The van der Waals surface area contributed by atoms with Crippen LogP contribution in [0, 0.1) is 6.92 Å². The van der Waals surface area contributed by atoms with E-state index in [1.807, 2.05) is 49.4 Å². The first kappa shape index (κ1) is 13.5. The average molecular weight is 317 g/mol. The van der Waals surface area contributed by atoms with E-state index in [0.717, 1.165) is 15.6 Å². The first-order valence-electron chi connectivity index (χ1n) is 5.81. The molecule has 0 aliphatic heterocycles. The van der Waals surface area contributed by atoms with Crippen molar-refractivity contribution in [3.8, 4) is 0 Å². The van der Waals surface area contributed by atoms with Crippen molar-refractivity contribution >= 4 is 28.1 Å². The van der Waals surface area contributed by atoms with Crippen LogP contribution in [0.3, 0.4) is 0 Å². The molecule has 0 saturated carbocycles. The second kappa shape index (κ2) is 6.29. The van der Waals surface area contributed by atoms with Crippen LogP contribution in [-0.2, 0) is 0 Å². The fourth-order valence-corrected chi connectivity index (χ4v) is 1.83. The monoisotopic (exact) mass is 316 g/mol. The van der Waals surface area contributed by atoms with Gasteiger partial charge in [-0.25, -0.2) is 5.43 Å². The van der Waals surface area contributed by atoms with Crippen LogP contribution in [0.15, 0.2) is 58.1 Å². The maximum absolute atomic E-state index is 11.8. The summed E-state index contributed by atoms with van der Waals surface area (Å²) in [4.78, 5) is 11.8. The van der Waals surface area contributed by atoms with Crippen LogP contribution in [0.25, 0.3) is 0 Å². The molecule has 19 heavy (non-hydrogen) atoms. The van der Waals surface area contributed by atoms with Gasteiger partial charge in [-0.1, -0.05) is 45.8 Å². The molecule has 0 atom stereocenters. The van der Waals surface area contributed by atoms with Crippen molar-refractivity contribution in [2.75, 3.05) is 0 Å². The number of carbonyl (C=O) groups excluding carboxylic acids is 1. The molecule has 0 fully saturated rings. The first-order valence-corrected chi connectivity index (χ1v) is 6.60. The third-order valence-electron chi connectivity index (χ3n) is 2.53. The summed E-state index contributed by atoms with van der Waals surface area (Å²) >= 11 is 3.36. The molecule has 2 aromatic rings. The minimum atomic E-state index is -0.211. The van der Waals surface area contributed by atoms with Gasteiger partial charge in [-0.15, -0.1) is 0 Å². The second-order valence-electron chi connectivity index (χ2n) is 4.12. The zero-order chi connectivity index (χ0) is 13.7. The zero-order valence-electron chi connectivity index (χ0n) is 10.4. The molecule has 3 nitrogen and oxygen atoms in total. The predicted octanol–water partition coefficient (Wildman–Crippen LogP) is 3.52. The number of hydrazone groups is 1. The number of hydrogen-bond acceptors (Lipinski definition) is 2. The molecule has 0 aromatic heterocycles. The number of hydrogen-bond donors (Lipinski definition) is 1. The first-order chi connectivity index (χ1) is 9.15. The van der Waals surface area contributed by atoms with Gasteiger partial charge in [-0.3, -0.25) is 4.79 Å². The molecule has 2 aromatic carbocycles. The number of benzene rings is 2. The van der Waals surface area contributed by atoms with Crippen molar-refractivity contribution in [1.82, 2.24) is 5.43 Å². The summed E-state index contributed by atoms with van der Waals surface area (Å²) in [6, 6.07) is 15.0. The summed E-state index contributed by atoms with van der Waals surface area (Å²) < 4.78 is 1.01. The van der Waals surface area contributed by atoms with Gasteiger partial charge < -0.3 is 0 Å². The highest BCUT2D eigenvalue weighted by Crippen LogP contribution is 2.09. The minimum absolute atomic E-state index is 0.211. The van der Waals surface area contributed by atoms with Crippen LogP contribution in [0.2, 0.25) is 0 Å². The lowest BCUT2D eigenvalue weighted by atomic mass is 10.1. The van der Waals surface area contributed by atoms with E-state index in [-0.39, 0.29) is 5.91 Å². The molecule has 1 amide bonds. The van der Waals surface area contributed by atoms with Gasteiger partial charge in [0, 0.05) is 10.0 Å². The molecule has 0 bridgehead atoms. The summed E-state index contributed by atoms with van der Waals surface area (Å²) in [6.07, 6.45) is 1.61. The van der Waals surface area contributed by atoms with Gasteiger partial charge in [0.05, 0.1) is 6.21 Å². The zero-order valence-corrected chi connectivity index (χ0v) is 12.0. The lowest BCUT2D eigenvalue weighted by Gasteiger charge is -2.00. The number of aryl methyl sites for hydroxylation is 1. The molecule has 96 valence electrons. The van der Waals surface area contributed by atoms with E-state index in [1.54, 1.807) is 12.3 Å². The van der Waals surface area contributed by atoms with E-state index in [1.165, 1.54) is 0 Å². The van der Waals surface area contributed by atoms with Crippen molar-refractivity contribution in [3.63, 3.8) is 0 Å². The van der Waals surface area contributed by atoms with Crippen molar-refractivity contribution < 1.29 is 4.79 Å². The summed E-state index contributed by atoms with van der Waals surface area (Å²) in [5.74, 6) is -0.211. The molecule has 0 saturated heterocycles. The third-order valence-corrected chi connectivity index (χ3v) is 3.06. The Morgan fingerprint density at radius 2 is 1.95 bits per heavy atom. The molecule has 2 rings (SSSR count). The summed E-state index contributed by atoms with van der Waals surface area (Å²) in [7, 11) is 0. The number of carbonyl (C=O) groups is 1. The van der Waals surface area contributed by atoms with Gasteiger partial charge in [-0.05, 0) is 36.8 Å². The SMILES string of the molecule is Cc1cccc(C(=O)N/N=C/c2ccc(Br)cc2)c1. The van der Waals surface area contributed by atoms with Crippen molar-refractivity contribution in [2.24, 2.45) is 5.10 Å². The summed E-state index contributed by atoms with van der Waals surface area (Å²) in [5.41, 5.74) is 5.08. The Morgan fingerprint density at radius 3 is 2.63 bits per heavy atom. The van der Waals surface area contributed by atoms with E-state index in [9.17, 15) is 4.79 Å². The lowest BCUT2D eigenvalue weighted by molar-refractivity contribution is 0.0955. The Morgan fingerprint density at radius 1 is 1.21 bits per heavy atom. The normalized spacial score (nSPS) is 10.6. The largest absolute Gasteiger partial charge is 0.271 e. The van der Waals surface area contributed by atoms with Crippen LogP contribution < -0.4 is 5.43 Å². The highest BCUT2D eigenvalue weighted by atomic mass is 79.9. The highest BCUT2D eigenvalue weighted by Gasteiger charge is 2.02. The molecule has 0 radical (unpaired) electrons. The molecule has 0 unspecified atom stereocenters. The van der Waals surface area contributed by atoms with Crippen molar-refractivity contribution in [1.29, 1.82) is 0 Å². The van der Waals surface area contributed by atoms with E-state index in [4.69, 9.17) is 0 Å². The molecule has 0 heterocycles. The second-order valence-corrected chi connectivity index (χ2v) is 5.04. The number of nitrogens with one attached hydrogen (secondary N) is 1. The maximum atomic E-state index is 11.8. The van der Waals surface area contributed by atoms with E-state index in [2.05, 4.69) is 26.5 Å². The molecular formula is C15H13BrN2O. The molecule has 1 N–H and O–H groups in total. The van der Waals surface area contributed by atoms with Gasteiger partial charge in [0.25, 0.3) is 5.91 Å². The Hall–Kier alpha value is -1.94. The Labute approximate surface area is 120 Å². The van der Waals surface area contributed by atoms with E-state index in [0.29, 0.717) is 5.56 Å². The summed E-state index contributed by atoms with van der Waals surface area (Å²) in [6.45, 7) is 1.95. The van der Waals surface area contributed by atoms with E-state index < -0.39 is 0 Å². The smallest absolute Gasteiger partial charge is 0.267 e. The van der Waals surface area contributed by atoms with E-state index >= 15 is 0 Å². The molecule has 0 aliphatic carbocycles. The fraction of sp³-hybridized carbons (Fsp3) is 0.0667. The van der Waals surface area contributed by atoms with Crippen LogP contribution >= 0.6 is 15.9 Å². The van der Waals surface area contributed by atoms with Crippen molar-refractivity contribution in [2.45, 2.75) is 6.92 Å². The molecule has 0 spiro atoms. The Bertz CT molecular complexity index is 606. The van der Waals surface area contributed by atoms with Crippen LogP contribution in [-0.4, -0.2) is 12.1 Å². The van der Waals surface area contributed by atoms with Crippen molar-refractivity contribution in [3.05, 3.63) is 69.7 Å². The van der Waals surface area contributed by atoms with Crippen LogP contribution in [0.5, 0.6) is 0 Å². The topological polar surface area (TPSA) is 41.5 Å². The molecular weight excluding hydrogens is 304 g/mol. The predicted molar refractivity (Wildman–Crippen MR) is 80.4 cm³/mol. The number of halogens is 1. The Kier molecular flexibility index (Phi) is 4.47. The summed E-state index contributed by atoms with van der Waals surface area (Å²) in [5, 5.41) is 3.94. The van der Waals surface area contributed by atoms with Gasteiger partial charge in [-0.2, -0.15) is 5.10 Å². The highest BCUT2D eigenvalue weighted by molar-refractivity contribution is 9.10. The van der Waals surface area contributed by atoms with Gasteiger partial charge in [0.1, 0.15) is 0 Å². The third kappa shape index (κ3) is 4.03. The molecule has 0 aliphatic rings. The molecule has 4 heteroatoms. The Balaban J connectivity index is 1.98. The fourth-order valence-electron chi connectivity index (χ4n) is 1.57. The maximum Gasteiger partial charge on any atom is 0.271 e. The van der Waals surface area contributed by atoms with Crippen LogP contribution in [0.4, 0.5) is 0 Å². The lowest BCUT2D eigenvalue weighted by Crippen LogP contribution is -2.17. The number of amides is 1. The van der Waals surface area contributed by atoms with Gasteiger partial charge in [0.15, 0.2) is 0 Å². The minimum Gasteiger partial charge on any atom is -0.267 e. The quantitative estimate of drug-likeness (QED) is 0.683. The van der Waals surface area contributed by atoms with Gasteiger partial charge in [0.2, 0.25) is 0 Å². The standard InChI is InChI=1S/C15H13BrN2O/c1-11-3-2-4-13(9-11)15(19)18-17-10-12-5-7-14(16)8-6-12/h2-10H,1H3,(H,18,19)/b17-10+. The van der Waals surface area contributed by atoms with Crippen LogP contribution in [0.1, 0.15) is 21.5 Å². The average Bonchev–Trinajstić information content (AvgIpc) is 2.41.